The molecule has 2 N–H and O–H groups in total. The van der Waals surface area contributed by atoms with Gasteiger partial charge in [0.2, 0.25) is 0 Å². The highest BCUT2D eigenvalue weighted by Crippen LogP contribution is 2.06. The second kappa shape index (κ2) is 7.25. The SMILES string of the molecule is Br.CC[C@H](C)[C@H](N)C(=O)CBr. The van der Waals surface area contributed by atoms with Gasteiger partial charge in [0.15, 0.2) is 5.78 Å². The van der Waals surface area contributed by atoms with Crippen LogP contribution in [-0.2, 0) is 4.79 Å². The van der Waals surface area contributed by atoms with Crippen LogP contribution in [0, 0.1) is 5.92 Å². The first kappa shape index (κ1) is 14.1. The molecule has 0 rings (SSSR count). The molecule has 0 radical (unpaired) electrons. The molecule has 0 aliphatic rings. The molecular formula is C7H15Br2NO. The lowest BCUT2D eigenvalue weighted by Gasteiger charge is -2.14. The zero-order valence-electron chi connectivity index (χ0n) is 6.84. The van der Waals surface area contributed by atoms with Crippen molar-refractivity contribution in [3.8, 4) is 0 Å². The molecule has 0 aromatic heterocycles. The van der Waals surface area contributed by atoms with Crippen LogP contribution >= 0.6 is 32.9 Å². The standard InChI is InChI=1S/C7H14BrNO.BrH/c1-3-5(2)7(9)6(10)4-8;/h5,7H,3-4,9H2,1-2H3;1H/t5-,7-;/m0./s1. The van der Waals surface area contributed by atoms with Gasteiger partial charge in [-0.2, -0.15) is 0 Å². The summed E-state index contributed by atoms with van der Waals surface area (Å²) in [5.74, 6) is 0.388. The Morgan fingerprint density at radius 2 is 2.09 bits per heavy atom. The number of Topliss-reactive ketones (excluding diaryl/α,β-unsaturated/α-hetero) is 1. The van der Waals surface area contributed by atoms with Crippen LogP contribution in [0.1, 0.15) is 20.3 Å². The summed E-state index contributed by atoms with van der Waals surface area (Å²) in [6.45, 7) is 4.03. The van der Waals surface area contributed by atoms with Gasteiger partial charge in [-0.15, -0.1) is 17.0 Å². The van der Waals surface area contributed by atoms with E-state index >= 15 is 0 Å². The molecule has 0 saturated carbocycles. The van der Waals surface area contributed by atoms with E-state index in [1.54, 1.807) is 0 Å². The fraction of sp³-hybridized carbons (Fsp3) is 0.857. The van der Waals surface area contributed by atoms with E-state index in [1.807, 2.05) is 13.8 Å². The molecule has 0 unspecified atom stereocenters. The Labute approximate surface area is 86.8 Å². The van der Waals surface area contributed by atoms with Crippen molar-refractivity contribution in [2.45, 2.75) is 26.3 Å². The molecule has 68 valence electrons. The lowest BCUT2D eigenvalue weighted by Crippen LogP contribution is -2.37. The fourth-order valence-electron chi connectivity index (χ4n) is 0.660. The molecule has 2 atom stereocenters. The van der Waals surface area contributed by atoms with E-state index in [2.05, 4.69) is 15.9 Å². The van der Waals surface area contributed by atoms with Crippen molar-refractivity contribution in [3.63, 3.8) is 0 Å². The summed E-state index contributed by atoms with van der Waals surface area (Å²) in [6, 6.07) is -0.288. The highest BCUT2D eigenvalue weighted by atomic mass is 79.9. The maximum absolute atomic E-state index is 10.9. The number of nitrogens with two attached hydrogens (primary N) is 1. The summed E-state index contributed by atoms with van der Waals surface area (Å²) < 4.78 is 0. The van der Waals surface area contributed by atoms with Gasteiger partial charge in [0.1, 0.15) is 0 Å². The average Bonchev–Trinajstić information content (AvgIpc) is 2.00. The summed E-state index contributed by atoms with van der Waals surface area (Å²) >= 11 is 3.08. The molecule has 11 heavy (non-hydrogen) atoms. The number of carbonyl (C=O) groups excluding carboxylic acids is 1. The Morgan fingerprint density at radius 3 is 2.36 bits per heavy atom. The van der Waals surface area contributed by atoms with Gasteiger partial charge in [-0.05, 0) is 5.92 Å². The first-order chi connectivity index (χ1) is 4.63. The van der Waals surface area contributed by atoms with E-state index in [4.69, 9.17) is 5.73 Å². The van der Waals surface area contributed by atoms with E-state index < -0.39 is 0 Å². The average molecular weight is 289 g/mol. The summed E-state index contributed by atoms with van der Waals surface area (Å²) in [6.07, 6.45) is 0.958. The van der Waals surface area contributed by atoms with Gasteiger partial charge in [-0.3, -0.25) is 4.79 Å². The summed E-state index contributed by atoms with van der Waals surface area (Å²) in [5, 5.41) is 0.374. The van der Waals surface area contributed by atoms with Crippen molar-refractivity contribution in [3.05, 3.63) is 0 Å². The maximum atomic E-state index is 10.9. The number of hydrogen-bond acceptors (Lipinski definition) is 2. The number of ketones is 1. The molecule has 4 heteroatoms. The Hall–Kier alpha value is 0.590. The fourth-order valence-corrected chi connectivity index (χ4v) is 1.03. The van der Waals surface area contributed by atoms with Crippen LogP contribution in [0.2, 0.25) is 0 Å². The predicted octanol–water partition coefficient (Wildman–Crippen LogP) is 1.90. The molecule has 2 nitrogen and oxygen atoms in total. The van der Waals surface area contributed by atoms with Gasteiger partial charge < -0.3 is 5.73 Å². The third-order valence-electron chi connectivity index (χ3n) is 1.76. The van der Waals surface area contributed by atoms with Crippen molar-refractivity contribution in [2.75, 3.05) is 5.33 Å². The van der Waals surface area contributed by atoms with E-state index in [-0.39, 0.29) is 28.8 Å². The molecular weight excluding hydrogens is 274 g/mol. The van der Waals surface area contributed by atoms with Gasteiger partial charge in [0.05, 0.1) is 11.4 Å². The summed E-state index contributed by atoms with van der Waals surface area (Å²) in [7, 11) is 0. The Morgan fingerprint density at radius 1 is 1.64 bits per heavy atom. The molecule has 0 aliphatic carbocycles. The van der Waals surface area contributed by atoms with Crippen LogP contribution in [0.15, 0.2) is 0 Å². The smallest absolute Gasteiger partial charge is 0.160 e. The number of alkyl halides is 1. The zero-order chi connectivity index (χ0) is 8.15. The van der Waals surface area contributed by atoms with Crippen LogP contribution in [-0.4, -0.2) is 17.2 Å². The number of carbonyl (C=O) groups is 1. The van der Waals surface area contributed by atoms with Crippen LogP contribution in [0.5, 0.6) is 0 Å². The normalized spacial score (nSPS) is 14.9. The van der Waals surface area contributed by atoms with Gasteiger partial charge in [-0.1, -0.05) is 36.2 Å². The van der Waals surface area contributed by atoms with Crippen molar-refractivity contribution >= 4 is 38.7 Å². The quantitative estimate of drug-likeness (QED) is 0.803. The third-order valence-corrected chi connectivity index (χ3v) is 2.31. The number of halogens is 2. The van der Waals surface area contributed by atoms with Crippen molar-refractivity contribution < 1.29 is 4.79 Å². The molecule has 0 bridgehead atoms. The molecule has 0 aliphatic heterocycles. The summed E-state index contributed by atoms with van der Waals surface area (Å²) in [4.78, 5) is 10.9. The topological polar surface area (TPSA) is 43.1 Å². The second-order valence-corrected chi connectivity index (χ2v) is 3.07. The van der Waals surface area contributed by atoms with Gasteiger partial charge in [0, 0.05) is 0 Å². The Balaban J connectivity index is 0. The minimum absolute atomic E-state index is 0. The lowest BCUT2D eigenvalue weighted by atomic mass is 9.97. The van der Waals surface area contributed by atoms with E-state index in [1.165, 1.54) is 0 Å². The lowest BCUT2D eigenvalue weighted by molar-refractivity contribution is -0.118. The minimum Gasteiger partial charge on any atom is -0.321 e. The van der Waals surface area contributed by atoms with E-state index in [9.17, 15) is 4.79 Å². The molecule has 0 fully saturated rings. The molecule has 0 heterocycles. The van der Waals surface area contributed by atoms with Gasteiger partial charge in [0.25, 0.3) is 0 Å². The Bertz CT molecular complexity index is 119. The van der Waals surface area contributed by atoms with Gasteiger partial charge >= 0.3 is 0 Å². The predicted molar refractivity (Wildman–Crippen MR) is 56.6 cm³/mol. The highest BCUT2D eigenvalue weighted by Gasteiger charge is 2.17. The molecule has 0 amide bonds. The molecule has 0 aromatic carbocycles. The van der Waals surface area contributed by atoms with Gasteiger partial charge in [-0.25, -0.2) is 0 Å². The van der Waals surface area contributed by atoms with Crippen molar-refractivity contribution in [1.82, 2.24) is 0 Å². The largest absolute Gasteiger partial charge is 0.321 e. The van der Waals surface area contributed by atoms with Crippen molar-refractivity contribution in [1.29, 1.82) is 0 Å². The second-order valence-electron chi connectivity index (χ2n) is 2.51. The monoisotopic (exact) mass is 287 g/mol. The molecule has 0 spiro atoms. The van der Waals surface area contributed by atoms with E-state index in [0.717, 1.165) is 6.42 Å². The van der Waals surface area contributed by atoms with E-state index in [0.29, 0.717) is 11.2 Å². The number of hydrogen-bond donors (Lipinski definition) is 1. The molecule has 0 saturated heterocycles. The maximum Gasteiger partial charge on any atom is 0.160 e. The first-order valence-corrected chi connectivity index (χ1v) is 4.59. The third kappa shape index (κ3) is 4.93. The van der Waals surface area contributed by atoms with Crippen LogP contribution in [0.25, 0.3) is 0 Å². The highest BCUT2D eigenvalue weighted by molar-refractivity contribution is 9.09. The van der Waals surface area contributed by atoms with Crippen LogP contribution in [0.4, 0.5) is 0 Å². The Kier molecular flexibility index (Phi) is 9.32. The first-order valence-electron chi connectivity index (χ1n) is 3.47. The number of rotatable bonds is 4. The van der Waals surface area contributed by atoms with Crippen molar-refractivity contribution in [2.24, 2.45) is 11.7 Å². The minimum atomic E-state index is -0.288. The van der Waals surface area contributed by atoms with Crippen LogP contribution in [0.3, 0.4) is 0 Å². The molecule has 0 aromatic rings. The van der Waals surface area contributed by atoms with Crippen LogP contribution < -0.4 is 5.73 Å². The summed E-state index contributed by atoms with van der Waals surface area (Å²) in [5.41, 5.74) is 5.60. The zero-order valence-corrected chi connectivity index (χ0v) is 10.1.